The molecular formula is C22H20N4O2S. The molecule has 1 aromatic heterocycles. The highest BCUT2D eigenvalue weighted by Gasteiger charge is 2.32. The minimum atomic E-state index is -0.155. The van der Waals surface area contributed by atoms with Gasteiger partial charge in [-0.15, -0.1) is 0 Å². The first-order chi connectivity index (χ1) is 14.1. The number of likely N-dealkylation sites (N-methyl/N-ethyl adjacent to an activating group) is 1. The molecule has 0 bridgehead atoms. The average Bonchev–Trinajstić information content (AvgIpc) is 3.21. The van der Waals surface area contributed by atoms with E-state index in [1.807, 2.05) is 24.3 Å². The van der Waals surface area contributed by atoms with Gasteiger partial charge in [0.1, 0.15) is 17.9 Å². The highest BCUT2D eigenvalue weighted by molar-refractivity contribution is 7.07. The minimum absolute atomic E-state index is 0.144. The van der Waals surface area contributed by atoms with E-state index >= 15 is 0 Å². The van der Waals surface area contributed by atoms with Crippen molar-refractivity contribution in [1.29, 1.82) is 0 Å². The Morgan fingerprint density at radius 3 is 2.59 bits per heavy atom. The van der Waals surface area contributed by atoms with Gasteiger partial charge in [-0.25, -0.2) is 4.99 Å². The van der Waals surface area contributed by atoms with Crippen LogP contribution in [0, 0.1) is 0 Å². The van der Waals surface area contributed by atoms with Gasteiger partial charge in [0, 0.05) is 18.3 Å². The highest BCUT2D eigenvalue weighted by Crippen LogP contribution is 2.33. The molecular weight excluding hydrogens is 384 g/mol. The molecule has 29 heavy (non-hydrogen) atoms. The topological polar surface area (TPSA) is 57.9 Å². The maximum absolute atomic E-state index is 13.2. The van der Waals surface area contributed by atoms with E-state index in [1.54, 1.807) is 16.5 Å². The van der Waals surface area contributed by atoms with Gasteiger partial charge in [-0.3, -0.25) is 14.2 Å². The van der Waals surface area contributed by atoms with E-state index in [4.69, 9.17) is 0 Å². The van der Waals surface area contributed by atoms with Crippen molar-refractivity contribution < 1.29 is 4.79 Å². The summed E-state index contributed by atoms with van der Waals surface area (Å²) in [6.07, 6.45) is 0.991. The molecule has 0 radical (unpaired) electrons. The number of fused-ring (bicyclic) bond motifs is 2. The summed E-state index contributed by atoms with van der Waals surface area (Å²) < 4.78 is 2.13. The molecule has 0 saturated heterocycles. The zero-order valence-electron chi connectivity index (χ0n) is 16.3. The zero-order valence-corrected chi connectivity index (χ0v) is 17.1. The molecule has 146 valence electrons. The number of rotatable bonds is 2. The number of hydrogen-bond acceptors (Lipinski definition) is 5. The van der Waals surface area contributed by atoms with Crippen LogP contribution in [-0.4, -0.2) is 24.2 Å². The summed E-state index contributed by atoms with van der Waals surface area (Å²) in [7, 11) is 1.74. The normalized spacial score (nSPS) is 17.2. The Hall–Kier alpha value is -3.19. The number of nitrogens with zero attached hydrogens (tertiary/aromatic N) is 4. The number of aryl methyl sites for hydroxylation is 1. The molecule has 3 aromatic rings. The van der Waals surface area contributed by atoms with Crippen LogP contribution in [0.2, 0.25) is 0 Å². The van der Waals surface area contributed by atoms with Gasteiger partial charge in [0.2, 0.25) is 0 Å². The molecule has 2 aliphatic heterocycles. The van der Waals surface area contributed by atoms with E-state index < -0.39 is 0 Å². The van der Waals surface area contributed by atoms with Gasteiger partial charge in [0.15, 0.2) is 4.80 Å². The number of aromatic nitrogens is 1. The summed E-state index contributed by atoms with van der Waals surface area (Å²) in [5.41, 5.74) is 4.27. The highest BCUT2D eigenvalue weighted by atomic mass is 32.1. The van der Waals surface area contributed by atoms with Crippen molar-refractivity contribution in [1.82, 2.24) is 4.57 Å². The summed E-state index contributed by atoms with van der Waals surface area (Å²) in [6.45, 7) is 3.05. The number of carbonyl (C=O) groups is 1. The Morgan fingerprint density at radius 2 is 1.83 bits per heavy atom. The van der Waals surface area contributed by atoms with Crippen molar-refractivity contribution in [2.75, 3.05) is 23.5 Å². The number of thiazole rings is 1. The summed E-state index contributed by atoms with van der Waals surface area (Å²) in [4.78, 5) is 35.1. The quantitative estimate of drug-likeness (QED) is 0.653. The van der Waals surface area contributed by atoms with E-state index in [1.165, 1.54) is 16.9 Å². The molecule has 0 spiro atoms. The summed E-state index contributed by atoms with van der Waals surface area (Å²) in [6, 6.07) is 15.9. The van der Waals surface area contributed by atoms with Crippen molar-refractivity contribution in [2.24, 2.45) is 4.99 Å². The van der Waals surface area contributed by atoms with Gasteiger partial charge in [-0.05, 0) is 30.2 Å². The van der Waals surface area contributed by atoms with Crippen LogP contribution in [0.3, 0.4) is 0 Å². The maximum Gasteiger partial charge on any atom is 0.272 e. The first-order valence-electron chi connectivity index (χ1n) is 9.58. The molecule has 0 atom stereocenters. The van der Waals surface area contributed by atoms with Crippen molar-refractivity contribution in [2.45, 2.75) is 20.0 Å². The fraction of sp³-hybridized carbons (Fsp3) is 0.227. The first-order valence-corrected chi connectivity index (χ1v) is 10.4. The molecule has 0 saturated carbocycles. The molecule has 5 rings (SSSR count). The fourth-order valence-electron chi connectivity index (χ4n) is 3.86. The number of anilines is 2. The maximum atomic E-state index is 13.2. The number of carbonyl (C=O) groups excluding carboxylic acids is 1. The molecule has 2 aromatic carbocycles. The standard InChI is InChI=1S/C22H20N4O2S/c1-3-14-8-10-15(11-9-14)25-12-23-22-26(13-25)21(28)19(29-22)18-16-6-4-5-7-17(16)24(2)20(18)27/h4-11H,3,12-13H2,1-2H3/b19-18+. The Kier molecular flexibility index (Phi) is 4.13. The van der Waals surface area contributed by atoms with Gasteiger partial charge in [-0.1, -0.05) is 48.6 Å². The predicted molar refractivity (Wildman–Crippen MR) is 115 cm³/mol. The van der Waals surface area contributed by atoms with Gasteiger partial charge < -0.3 is 9.80 Å². The Balaban J connectivity index is 1.61. The van der Waals surface area contributed by atoms with Crippen LogP contribution >= 0.6 is 11.3 Å². The molecule has 7 heteroatoms. The second kappa shape index (κ2) is 6.70. The van der Waals surface area contributed by atoms with Gasteiger partial charge >= 0.3 is 0 Å². The lowest BCUT2D eigenvalue weighted by atomic mass is 10.1. The van der Waals surface area contributed by atoms with Gasteiger partial charge in [-0.2, -0.15) is 0 Å². The summed E-state index contributed by atoms with van der Waals surface area (Å²) >= 11 is 1.30. The molecule has 0 N–H and O–H groups in total. The third-order valence-corrected chi connectivity index (χ3v) is 6.66. The van der Waals surface area contributed by atoms with Gasteiger partial charge in [0.25, 0.3) is 11.5 Å². The summed E-state index contributed by atoms with van der Waals surface area (Å²) in [5, 5.41) is 0. The van der Waals surface area contributed by atoms with Crippen molar-refractivity contribution in [3.63, 3.8) is 0 Å². The van der Waals surface area contributed by atoms with E-state index in [2.05, 4.69) is 41.1 Å². The zero-order chi connectivity index (χ0) is 20.1. The Bertz CT molecular complexity index is 1300. The van der Waals surface area contributed by atoms with Crippen molar-refractivity contribution in [3.8, 4) is 0 Å². The van der Waals surface area contributed by atoms with E-state index in [9.17, 15) is 9.59 Å². The largest absolute Gasteiger partial charge is 0.334 e. The van der Waals surface area contributed by atoms with E-state index in [0.29, 0.717) is 28.2 Å². The van der Waals surface area contributed by atoms with Crippen molar-refractivity contribution >= 4 is 34.2 Å². The summed E-state index contributed by atoms with van der Waals surface area (Å²) in [5.74, 6) is -0.144. The van der Waals surface area contributed by atoms with Crippen LogP contribution in [0.4, 0.5) is 11.4 Å². The second-order valence-corrected chi connectivity index (χ2v) is 8.18. The molecule has 1 amide bonds. The predicted octanol–water partition coefficient (Wildman–Crippen LogP) is 1.70. The average molecular weight is 404 g/mol. The van der Waals surface area contributed by atoms with E-state index in [0.717, 1.165) is 23.4 Å². The van der Waals surface area contributed by atoms with Crippen LogP contribution in [0.25, 0.3) is 5.57 Å². The van der Waals surface area contributed by atoms with Crippen LogP contribution in [0.1, 0.15) is 18.1 Å². The molecule has 3 heterocycles. The number of para-hydroxylation sites is 1. The number of benzene rings is 2. The number of amides is 1. The lowest BCUT2D eigenvalue weighted by Gasteiger charge is -2.25. The van der Waals surface area contributed by atoms with Crippen molar-refractivity contribution in [3.05, 3.63) is 79.3 Å². The van der Waals surface area contributed by atoms with Crippen LogP contribution in [0.5, 0.6) is 0 Å². The second-order valence-electron chi connectivity index (χ2n) is 7.20. The molecule has 0 fully saturated rings. The SMILES string of the molecule is CCc1ccc(N2CN=c3s/c(=C4/C(=O)N(C)c5ccccc54)c(=O)n3C2)cc1. The Labute approximate surface area is 171 Å². The van der Waals surface area contributed by atoms with E-state index in [-0.39, 0.29) is 11.5 Å². The molecule has 6 nitrogen and oxygen atoms in total. The smallest absolute Gasteiger partial charge is 0.272 e. The van der Waals surface area contributed by atoms with Crippen LogP contribution in [0.15, 0.2) is 58.3 Å². The van der Waals surface area contributed by atoms with Crippen LogP contribution < -0.4 is 24.7 Å². The van der Waals surface area contributed by atoms with Gasteiger partial charge in [0.05, 0.1) is 11.3 Å². The number of hydrogen-bond donors (Lipinski definition) is 0. The molecule has 2 aliphatic rings. The molecule has 0 aliphatic carbocycles. The fourth-order valence-corrected chi connectivity index (χ4v) is 4.91. The third kappa shape index (κ3) is 2.73. The minimum Gasteiger partial charge on any atom is -0.334 e. The lowest BCUT2D eigenvalue weighted by molar-refractivity contribution is -0.112. The monoisotopic (exact) mass is 404 g/mol. The third-order valence-electron chi connectivity index (χ3n) is 5.54. The molecule has 0 unspecified atom stereocenters. The lowest BCUT2D eigenvalue weighted by Crippen LogP contribution is -2.43. The first kappa shape index (κ1) is 17.9. The van der Waals surface area contributed by atoms with Crippen LogP contribution in [-0.2, 0) is 17.9 Å². The Morgan fingerprint density at radius 1 is 1.07 bits per heavy atom.